The van der Waals surface area contributed by atoms with Crippen LogP contribution in [0.1, 0.15) is 32.1 Å². The van der Waals surface area contributed by atoms with Crippen LogP contribution in [0.2, 0.25) is 0 Å². The number of amides is 1. The average Bonchev–Trinajstić information content (AvgIpc) is 3.22. The van der Waals surface area contributed by atoms with E-state index in [4.69, 9.17) is 5.11 Å². The second-order valence-corrected chi connectivity index (χ2v) is 7.13. The number of aliphatic hydroxyl groups is 1. The maximum Gasteiger partial charge on any atom is 0.223 e. The fourth-order valence-corrected chi connectivity index (χ4v) is 4.05. The molecule has 1 spiro atoms. The first kappa shape index (κ1) is 15.3. The van der Waals surface area contributed by atoms with Gasteiger partial charge in [-0.25, -0.2) is 0 Å². The summed E-state index contributed by atoms with van der Waals surface area (Å²) in [5.41, 5.74) is 0.342. The summed E-state index contributed by atoms with van der Waals surface area (Å²) in [6, 6.07) is 0. The van der Waals surface area contributed by atoms with Gasteiger partial charge in [0.25, 0.3) is 0 Å². The highest BCUT2D eigenvalue weighted by atomic mass is 16.3. The van der Waals surface area contributed by atoms with E-state index < -0.39 is 0 Å². The minimum absolute atomic E-state index is 0.278. The predicted molar refractivity (Wildman–Crippen MR) is 81.9 cm³/mol. The lowest BCUT2D eigenvalue weighted by atomic mass is 9.92. The quantitative estimate of drug-likeness (QED) is 0.678. The molecule has 3 rings (SSSR count). The molecular weight excluding hydrogens is 266 g/mol. The van der Waals surface area contributed by atoms with Crippen molar-refractivity contribution in [3.63, 3.8) is 0 Å². The lowest BCUT2D eigenvalue weighted by Crippen LogP contribution is -2.41. The standard InChI is InChI=1S/C16H29N3O2/c20-12-13-1-8-19(9-2-13)10-7-18-15(21)14-11-16(14)3-5-17-6-4-16/h13-14,17,20H,1-12H2,(H,18,21). The van der Waals surface area contributed by atoms with Gasteiger partial charge < -0.3 is 20.6 Å². The van der Waals surface area contributed by atoms with Gasteiger partial charge >= 0.3 is 0 Å². The van der Waals surface area contributed by atoms with Crippen LogP contribution in [0.3, 0.4) is 0 Å². The molecule has 1 saturated carbocycles. The van der Waals surface area contributed by atoms with Gasteiger partial charge in [-0.3, -0.25) is 4.79 Å². The summed E-state index contributed by atoms with van der Waals surface area (Å²) in [4.78, 5) is 14.6. The second kappa shape index (κ2) is 6.63. The molecular formula is C16H29N3O2. The third-order valence-corrected chi connectivity index (χ3v) is 5.80. The number of carbonyl (C=O) groups is 1. The van der Waals surface area contributed by atoms with Gasteiger partial charge in [0.15, 0.2) is 0 Å². The fourth-order valence-electron chi connectivity index (χ4n) is 4.05. The Morgan fingerprint density at radius 2 is 2.00 bits per heavy atom. The van der Waals surface area contributed by atoms with Crippen molar-refractivity contribution < 1.29 is 9.90 Å². The van der Waals surface area contributed by atoms with E-state index in [2.05, 4.69) is 15.5 Å². The van der Waals surface area contributed by atoms with Crippen molar-refractivity contribution in [2.45, 2.75) is 32.1 Å². The highest BCUT2D eigenvalue weighted by Crippen LogP contribution is 2.58. The van der Waals surface area contributed by atoms with Crippen molar-refractivity contribution in [3.8, 4) is 0 Å². The van der Waals surface area contributed by atoms with Crippen molar-refractivity contribution in [1.82, 2.24) is 15.5 Å². The number of hydrogen-bond acceptors (Lipinski definition) is 4. The van der Waals surface area contributed by atoms with Crippen LogP contribution >= 0.6 is 0 Å². The van der Waals surface area contributed by atoms with Crippen LogP contribution in [0.5, 0.6) is 0 Å². The summed E-state index contributed by atoms with van der Waals surface area (Å²) >= 11 is 0. The predicted octanol–water partition coefficient (Wildman–Crippen LogP) is 0.197. The minimum atomic E-state index is 0.278. The van der Waals surface area contributed by atoms with Crippen LogP contribution in [0.15, 0.2) is 0 Å². The summed E-state index contributed by atoms with van der Waals surface area (Å²) in [6.45, 7) is 6.30. The molecule has 1 aliphatic carbocycles. The zero-order valence-corrected chi connectivity index (χ0v) is 12.9. The lowest BCUT2D eigenvalue weighted by molar-refractivity contribution is -0.123. The molecule has 0 aromatic rings. The van der Waals surface area contributed by atoms with E-state index in [1.165, 1.54) is 12.8 Å². The molecule has 0 radical (unpaired) electrons. The number of piperidine rings is 2. The fraction of sp³-hybridized carbons (Fsp3) is 0.938. The first-order chi connectivity index (χ1) is 10.2. The second-order valence-electron chi connectivity index (χ2n) is 7.13. The Hall–Kier alpha value is -0.650. The van der Waals surface area contributed by atoms with Crippen molar-refractivity contribution in [1.29, 1.82) is 0 Å². The molecule has 5 nitrogen and oxygen atoms in total. The van der Waals surface area contributed by atoms with Crippen molar-refractivity contribution in [3.05, 3.63) is 0 Å². The van der Waals surface area contributed by atoms with Crippen molar-refractivity contribution in [2.75, 3.05) is 45.9 Å². The van der Waals surface area contributed by atoms with E-state index in [0.29, 0.717) is 17.9 Å². The summed E-state index contributed by atoms with van der Waals surface area (Å²) in [7, 11) is 0. The summed E-state index contributed by atoms with van der Waals surface area (Å²) in [5, 5.41) is 15.7. The van der Waals surface area contributed by atoms with E-state index in [1.54, 1.807) is 0 Å². The molecule has 3 aliphatic rings. The van der Waals surface area contributed by atoms with E-state index in [-0.39, 0.29) is 11.8 Å². The third-order valence-electron chi connectivity index (χ3n) is 5.80. The highest BCUT2D eigenvalue weighted by Gasteiger charge is 2.57. The largest absolute Gasteiger partial charge is 0.396 e. The van der Waals surface area contributed by atoms with Crippen LogP contribution in [-0.2, 0) is 4.79 Å². The topological polar surface area (TPSA) is 64.6 Å². The molecule has 1 unspecified atom stereocenters. The Morgan fingerprint density at radius 1 is 1.29 bits per heavy atom. The molecule has 0 aromatic heterocycles. The molecule has 21 heavy (non-hydrogen) atoms. The number of nitrogens with one attached hydrogen (secondary N) is 2. The van der Waals surface area contributed by atoms with Crippen LogP contribution in [0, 0.1) is 17.3 Å². The first-order valence-corrected chi connectivity index (χ1v) is 8.55. The van der Waals surface area contributed by atoms with Gasteiger partial charge in [-0.2, -0.15) is 0 Å². The zero-order chi connectivity index (χ0) is 14.7. The van der Waals surface area contributed by atoms with Gasteiger partial charge in [0.1, 0.15) is 0 Å². The highest BCUT2D eigenvalue weighted by molar-refractivity contribution is 5.82. The third kappa shape index (κ3) is 3.58. The number of rotatable bonds is 5. The van der Waals surface area contributed by atoms with Gasteiger partial charge in [-0.15, -0.1) is 0 Å². The zero-order valence-electron chi connectivity index (χ0n) is 12.9. The molecule has 2 saturated heterocycles. The summed E-state index contributed by atoms with van der Waals surface area (Å²) in [6.07, 6.45) is 5.61. The molecule has 120 valence electrons. The Bertz CT molecular complexity index is 361. The Morgan fingerprint density at radius 3 is 2.67 bits per heavy atom. The van der Waals surface area contributed by atoms with Crippen LogP contribution < -0.4 is 10.6 Å². The molecule has 0 bridgehead atoms. The molecule has 3 N–H and O–H groups in total. The molecule has 1 amide bonds. The minimum Gasteiger partial charge on any atom is -0.396 e. The van der Waals surface area contributed by atoms with Crippen molar-refractivity contribution >= 4 is 5.91 Å². The molecule has 2 aliphatic heterocycles. The van der Waals surface area contributed by atoms with E-state index >= 15 is 0 Å². The lowest BCUT2D eigenvalue weighted by Gasteiger charge is -2.31. The molecule has 3 fully saturated rings. The van der Waals surface area contributed by atoms with E-state index in [0.717, 1.165) is 58.5 Å². The number of nitrogens with zero attached hydrogens (tertiary/aromatic N) is 1. The molecule has 2 heterocycles. The maximum absolute atomic E-state index is 12.2. The monoisotopic (exact) mass is 295 g/mol. The molecule has 1 atom stereocenters. The van der Waals surface area contributed by atoms with Crippen LogP contribution in [-0.4, -0.2) is 61.8 Å². The molecule has 5 heteroatoms. The van der Waals surface area contributed by atoms with Gasteiger partial charge in [0, 0.05) is 25.6 Å². The number of hydrogen-bond donors (Lipinski definition) is 3. The smallest absolute Gasteiger partial charge is 0.223 e. The Kier molecular flexibility index (Phi) is 4.82. The molecule has 0 aromatic carbocycles. The maximum atomic E-state index is 12.2. The average molecular weight is 295 g/mol. The van der Waals surface area contributed by atoms with Gasteiger partial charge in [0.2, 0.25) is 5.91 Å². The van der Waals surface area contributed by atoms with Crippen molar-refractivity contribution in [2.24, 2.45) is 17.3 Å². The van der Waals surface area contributed by atoms with Gasteiger partial charge in [-0.1, -0.05) is 0 Å². The van der Waals surface area contributed by atoms with E-state index in [9.17, 15) is 4.79 Å². The summed E-state index contributed by atoms with van der Waals surface area (Å²) in [5.74, 6) is 1.05. The van der Waals surface area contributed by atoms with Crippen LogP contribution in [0.4, 0.5) is 0 Å². The number of likely N-dealkylation sites (tertiary alicyclic amines) is 1. The SMILES string of the molecule is O=C(NCCN1CCC(CO)CC1)C1CC12CCNCC2. The van der Waals surface area contributed by atoms with Crippen LogP contribution in [0.25, 0.3) is 0 Å². The first-order valence-electron chi connectivity index (χ1n) is 8.55. The number of aliphatic hydroxyl groups excluding tert-OH is 1. The van der Waals surface area contributed by atoms with E-state index in [1.807, 2.05) is 0 Å². The Balaban J connectivity index is 1.32. The van der Waals surface area contributed by atoms with Gasteiger partial charge in [0.05, 0.1) is 0 Å². The van der Waals surface area contributed by atoms with Gasteiger partial charge in [-0.05, 0) is 69.6 Å². The number of carbonyl (C=O) groups excluding carboxylic acids is 1. The normalized spacial score (nSPS) is 29.5. The Labute approximate surface area is 127 Å². The summed E-state index contributed by atoms with van der Waals surface area (Å²) < 4.78 is 0.